The molecule has 2 rings (SSSR count). The summed E-state index contributed by atoms with van der Waals surface area (Å²) in [4.78, 5) is 36.9. The Hall–Kier alpha value is -1.34. The summed E-state index contributed by atoms with van der Waals surface area (Å²) in [5.41, 5.74) is 2.18. The second kappa shape index (κ2) is 6.62. The molecule has 1 aliphatic rings. The number of piperazine rings is 1. The number of carbonyl (C=O) groups excluding carboxylic acids is 3. The molecule has 1 aromatic rings. The van der Waals surface area contributed by atoms with Crippen molar-refractivity contribution in [2.75, 3.05) is 18.8 Å². The molecule has 0 radical (unpaired) electrons. The van der Waals surface area contributed by atoms with Crippen molar-refractivity contribution in [2.45, 2.75) is 18.7 Å². The van der Waals surface area contributed by atoms with Gasteiger partial charge in [0.05, 0.1) is 5.75 Å². The van der Waals surface area contributed by atoms with Crippen LogP contribution in [0.15, 0.2) is 21.5 Å². The predicted molar refractivity (Wildman–Crippen MR) is 84.1 cm³/mol. The molecule has 1 aromatic carbocycles. The number of benzene rings is 1. The van der Waals surface area contributed by atoms with Gasteiger partial charge in [0.25, 0.3) is 0 Å². The van der Waals surface area contributed by atoms with Crippen molar-refractivity contribution in [1.29, 1.82) is 0 Å². The number of aryl methyl sites for hydroxylation is 2. The highest BCUT2D eigenvalue weighted by molar-refractivity contribution is 9.10. The SMILES string of the molecule is Cc1cc(SCC(=O)N2CC(=O)NC(=O)C2)c(C)cc1Br. The highest BCUT2D eigenvalue weighted by atomic mass is 79.9. The summed E-state index contributed by atoms with van der Waals surface area (Å²) >= 11 is 4.89. The van der Waals surface area contributed by atoms with Crippen LogP contribution in [-0.2, 0) is 14.4 Å². The number of hydrogen-bond donors (Lipinski definition) is 1. The average molecular weight is 371 g/mol. The molecule has 0 aromatic heterocycles. The fraction of sp³-hybridized carbons (Fsp3) is 0.357. The van der Waals surface area contributed by atoms with Crippen LogP contribution in [0.25, 0.3) is 0 Å². The third-order valence-electron chi connectivity index (χ3n) is 3.11. The van der Waals surface area contributed by atoms with E-state index in [2.05, 4.69) is 21.2 Å². The zero-order valence-corrected chi connectivity index (χ0v) is 14.1. The molecule has 3 amide bonds. The predicted octanol–water partition coefficient (Wildman–Crippen LogP) is 1.64. The zero-order valence-electron chi connectivity index (χ0n) is 11.7. The summed E-state index contributed by atoms with van der Waals surface area (Å²) in [6, 6.07) is 4.03. The normalized spacial score (nSPS) is 15.1. The molecule has 0 unspecified atom stereocenters. The topological polar surface area (TPSA) is 66.5 Å². The number of imide groups is 1. The van der Waals surface area contributed by atoms with Crippen LogP contribution in [0.4, 0.5) is 0 Å². The van der Waals surface area contributed by atoms with E-state index >= 15 is 0 Å². The molecule has 1 aliphatic heterocycles. The summed E-state index contributed by atoms with van der Waals surface area (Å²) in [5, 5.41) is 2.18. The first-order chi connectivity index (χ1) is 9.86. The van der Waals surface area contributed by atoms with E-state index in [9.17, 15) is 14.4 Å². The van der Waals surface area contributed by atoms with Crippen molar-refractivity contribution in [1.82, 2.24) is 10.2 Å². The molecule has 21 heavy (non-hydrogen) atoms. The summed E-state index contributed by atoms with van der Waals surface area (Å²) in [5.74, 6) is -0.855. The molecular formula is C14H15BrN2O3S. The van der Waals surface area contributed by atoms with E-state index in [4.69, 9.17) is 0 Å². The lowest BCUT2D eigenvalue weighted by Gasteiger charge is -2.25. The minimum Gasteiger partial charge on any atom is -0.323 e. The van der Waals surface area contributed by atoms with Gasteiger partial charge in [-0.25, -0.2) is 0 Å². The van der Waals surface area contributed by atoms with Crippen molar-refractivity contribution in [3.63, 3.8) is 0 Å². The Morgan fingerprint density at radius 1 is 1.24 bits per heavy atom. The van der Waals surface area contributed by atoms with Crippen LogP contribution in [0.1, 0.15) is 11.1 Å². The van der Waals surface area contributed by atoms with Gasteiger partial charge in [0.15, 0.2) is 0 Å². The maximum absolute atomic E-state index is 12.1. The third-order valence-corrected chi connectivity index (χ3v) is 5.10. The molecule has 0 saturated carbocycles. The molecule has 0 aliphatic carbocycles. The second-order valence-corrected chi connectivity index (χ2v) is 6.75. The van der Waals surface area contributed by atoms with E-state index in [1.165, 1.54) is 16.7 Å². The second-order valence-electron chi connectivity index (χ2n) is 4.88. The average Bonchev–Trinajstić information content (AvgIpc) is 2.40. The lowest BCUT2D eigenvalue weighted by Crippen LogP contribution is -2.53. The largest absolute Gasteiger partial charge is 0.323 e. The summed E-state index contributed by atoms with van der Waals surface area (Å²) in [6.07, 6.45) is 0. The summed E-state index contributed by atoms with van der Waals surface area (Å²) in [7, 11) is 0. The lowest BCUT2D eigenvalue weighted by atomic mass is 10.2. The Bertz CT molecular complexity index is 602. The van der Waals surface area contributed by atoms with Gasteiger partial charge in [-0.15, -0.1) is 11.8 Å². The number of nitrogens with zero attached hydrogens (tertiary/aromatic N) is 1. The number of rotatable bonds is 3. The Morgan fingerprint density at radius 3 is 2.48 bits per heavy atom. The van der Waals surface area contributed by atoms with Crippen molar-refractivity contribution in [3.05, 3.63) is 27.7 Å². The molecule has 1 fully saturated rings. The molecule has 1 heterocycles. The van der Waals surface area contributed by atoms with Gasteiger partial charge >= 0.3 is 0 Å². The van der Waals surface area contributed by atoms with Gasteiger partial charge < -0.3 is 4.90 Å². The number of carbonyl (C=O) groups is 3. The number of thioether (sulfide) groups is 1. The molecule has 0 bridgehead atoms. The van der Waals surface area contributed by atoms with Crippen molar-refractivity contribution >= 4 is 45.4 Å². The number of amides is 3. The third kappa shape index (κ3) is 4.07. The fourth-order valence-electron chi connectivity index (χ4n) is 1.95. The fourth-order valence-corrected chi connectivity index (χ4v) is 3.42. The first-order valence-corrected chi connectivity index (χ1v) is 8.14. The van der Waals surface area contributed by atoms with Crippen LogP contribution < -0.4 is 5.32 Å². The Balaban J connectivity index is 1.99. The zero-order chi connectivity index (χ0) is 15.6. The molecule has 0 atom stereocenters. The van der Waals surface area contributed by atoms with Gasteiger partial charge in [-0.05, 0) is 37.1 Å². The molecular weight excluding hydrogens is 356 g/mol. The van der Waals surface area contributed by atoms with Gasteiger partial charge in [-0.2, -0.15) is 0 Å². The Morgan fingerprint density at radius 2 is 1.86 bits per heavy atom. The standard InChI is InChI=1S/C14H15BrN2O3S/c1-8-4-11(9(2)3-10(8)15)21-7-14(20)17-5-12(18)16-13(19)6-17/h3-4H,5-7H2,1-2H3,(H,16,18,19). The van der Waals surface area contributed by atoms with Crippen LogP contribution in [-0.4, -0.2) is 41.5 Å². The van der Waals surface area contributed by atoms with Crippen LogP contribution >= 0.6 is 27.7 Å². The highest BCUT2D eigenvalue weighted by Crippen LogP contribution is 2.28. The molecule has 5 nitrogen and oxygen atoms in total. The summed E-state index contributed by atoms with van der Waals surface area (Å²) in [6.45, 7) is 3.87. The van der Waals surface area contributed by atoms with Crippen LogP contribution in [0.5, 0.6) is 0 Å². The lowest BCUT2D eigenvalue weighted by molar-refractivity contribution is -0.144. The van der Waals surface area contributed by atoms with Gasteiger partial charge in [-0.3, -0.25) is 19.7 Å². The van der Waals surface area contributed by atoms with Gasteiger partial charge in [0, 0.05) is 9.37 Å². The van der Waals surface area contributed by atoms with Gasteiger partial charge in [0.1, 0.15) is 13.1 Å². The molecule has 7 heteroatoms. The summed E-state index contributed by atoms with van der Waals surface area (Å²) < 4.78 is 1.04. The maximum atomic E-state index is 12.1. The number of hydrogen-bond acceptors (Lipinski definition) is 4. The number of nitrogens with one attached hydrogen (secondary N) is 1. The maximum Gasteiger partial charge on any atom is 0.246 e. The molecule has 1 saturated heterocycles. The highest BCUT2D eigenvalue weighted by Gasteiger charge is 2.26. The Kier molecular flexibility index (Phi) is 5.05. The number of halogens is 1. The van der Waals surface area contributed by atoms with Crippen molar-refractivity contribution in [3.8, 4) is 0 Å². The first kappa shape index (κ1) is 16.0. The quantitative estimate of drug-likeness (QED) is 0.648. The minimum absolute atomic E-state index is 0.0521. The van der Waals surface area contributed by atoms with Crippen molar-refractivity contribution in [2.24, 2.45) is 0 Å². The van der Waals surface area contributed by atoms with Crippen molar-refractivity contribution < 1.29 is 14.4 Å². The van der Waals surface area contributed by atoms with Crippen LogP contribution in [0.2, 0.25) is 0 Å². The Labute approximate surface area is 135 Å². The van der Waals surface area contributed by atoms with Gasteiger partial charge in [0.2, 0.25) is 17.7 Å². The monoisotopic (exact) mass is 370 g/mol. The minimum atomic E-state index is -0.430. The van der Waals surface area contributed by atoms with Gasteiger partial charge in [-0.1, -0.05) is 15.9 Å². The van der Waals surface area contributed by atoms with E-state index in [0.717, 1.165) is 20.5 Å². The van der Waals surface area contributed by atoms with E-state index < -0.39 is 11.8 Å². The van der Waals surface area contributed by atoms with E-state index in [1.807, 2.05) is 26.0 Å². The molecule has 0 spiro atoms. The van der Waals surface area contributed by atoms with Crippen LogP contribution in [0, 0.1) is 13.8 Å². The van der Waals surface area contributed by atoms with E-state index in [0.29, 0.717) is 0 Å². The smallest absolute Gasteiger partial charge is 0.246 e. The van der Waals surface area contributed by atoms with E-state index in [-0.39, 0.29) is 24.7 Å². The molecule has 1 N–H and O–H groups in total. The van der Waals surface area contributed by atoms with Crippen LogP contribution in [0.3, 0.4) is 0 Å². The van der Waals surface area contributed by atoms with E-state index in [1.54, 1.807) is 0 Å². The first-order valence-electron chi connectivity index (χ1n) is 6.37. The molecule has 112 valence electrons.